The van der Waals surface area contributed by atoms with E-state index in [1.807, 2.05) is 6.20 Å². The van der Waals surface area contributed by atoms with E-state index in [1.54, 1.807) is 0 Å². The first-order chi connectivity index (χ1) is 15.5. The van der Waals surface area contributed by atoms with Crippen molar-refractivity contribution in [3.05, 3.63) is 94.3 Å². The predicted molar refractivity (Wildman–Crippen MR) is 142 cm³/mol. The third-order valence-corrected chi connectivity index (χ3v) is 7.35. The molecule has 3 nitrogen and oxygen atoms in total. The van der Waals surface area contributed by atoms with Crippen molar-refractivity contribution in [3.63, 3.8) is 0 Å². The van der Waals surface area contributed by atoms with Crippen LogP contribution in [0.3, 0.4) is 0 Å². The standard InChI is InChI=1S/C29H33N3.ClH/c1-20-12-13-21(2)26(17-20)19-32-23(4)22(3)27-14-15-30-29(28(27)32)31-16-8-11-25(18-31)24-9-6-5-7-10-24;/h5-7,9-10,12-15,17,25H,8,11,16,18-19H2,1-4H3;1H. The van der Waals surface area contributed by atoms with E-state index in [2.05, 4.69) is 91.8 Å². The Morgan fingerprint density at radius 3 is 2.55 bits per heavy atom. The molecule has 0 aliphatic carbocycles. The summed E-state index contributed by atoms with van der Waals surface area (Å²) in [5.74, 6) is 1.70. The summed E-state index contributed by atoms with van der Waals surface area (Å²) in [6.45, 7) is 11.9. The van der Waals surface area contributed by atoms with Gasteiger partial charge in [-0.25, -0.2) is 4.98 Å². The van der Waals surface area contributed by atoms with E-state index < -0.39 is 0 Å². The summed E-state index contributed by atoms with van der Waals surface area (Å²) in [5.41, 5.74) is 9.50. The number of hydrogen-bond donors (Lipinski definition) is 0. The first-order valence-electron chi connectivity index (χ1n) is 11.8. The SMILES string of the molecule is Cc1ccc(C)c(Cn2c(C)c(C)c3ccnc(N4CCCC(c5ccccc5)C4)c32)c1.Cl. The number of fused-ring (bicyclic) bond motifs is 1. The molecule has 172 valence electrons. The highest BCUT2D eigenvalue weighted by Crippen LogP contribution is 2.36. The Morgan fingerprint density at radius 2 is 1.76 bits per heavy atom. The largest absolute Gasteiger partial charge is 0.354 e. The van der Waals surface area contributed by atoms with Gasteiger partial charge in [0.25, 0.3) is 0 Å². The van der Waals surface area contributed by atoms with E-state index in [9.17, 15) is 0 Å². The molecule has 0 radical (unpaired) electrons. The Bertz CT molecular complexity index is 1260. The molecule has 2 aromatic heterocycles. The normalized spacial score (nSPS) is 16.1. The molecule has 1 fully saturated rings. The zero-order valence-electron chi connectivity index (χ0n) is 20.1. The fraction of sp³-hybridized carbons (Fsp3) is 0.345. The van der Waals surface area contributed by atoms with Gasteiger partial charge in [-0.05, 0) is 68.9 Å². The van der Waals surface area contributed by atoms with Crippen LogP contribution in [0.1, 0.15) is 52.3 Å². The van der Waals surface area contributed by atoms with Crippen molar-refractivity contribution < 1.29 is 0 Å². The first-order valence-corrected chi connectivity index (χ1v) is 11.8. The van der Waals surface area contributed by atoms with E-state index in [-0.39, 0.29) is 12.4 Å². The molecule has 0 amide bonds. The quantitative estimate of drug-likeness (QED) is 0.323. The van der Waals surface area contributed by atoms with Gasteiger partial charge in [-0.2, -0.15) is 0 Å². The van der Waals surface area contributed by atoms with E-state index in [0.29, 0.717) is 5.92 Å². The van der Waals surface area contributed by atoms with Gasteiger partial charge in [-0.3, -0.25) is 0 Å². The summed E-state index contributed by atoms with van der Waals surface area (Å²) in [6, 6.07) is 20.0. The Hall–Kier alpha value is -2.78. The second kappa shape index (κ2) is 9.61. The zero-order valence-corrected chi connectivity index (χ0v) is 21.0. The summed E-state index contributed by atoms with van der Waals surface area (Å²) >= 11 is 0. The lowest BCUT2D eigenvalue weighted by molar-refractivity contribution is 0.507. The smallest absolute Gasteiger partial charge is 0.153 e. The molecular formula is C29H34ClN3. The second-order valence-electron chi connectivity index (χ2n) is 9.45. The highest BCUT2D eigenvalue weighted by Gasteiger charge is 2.25. The third-order valence-electron chi connectivity index (χ3n) is 7.35. The molecule has 1 unspecified atom stereocenters. The van der Waals surface area contributed by atoms with Crippen LogP contribution in [0.4, 0.5) is 5.82 Å². The number of anilines is 1. The predicted octanol–water partition coefficient (Wildman–Crippen LogP) is 7.12. The Labute approximate surface area is 203 Å². The number of benzene rings is 2. The van der Waals surface area contributed by atoms with Gasteiger partial charge in [0.05, 0.1) is 5.52 Å². The molecule has 5 rings (SSSR count). The number of aromatic nitrogens is 2. The molecular weight excluding hydrogens is 426 g/mol. The van der Waals surface area contributed by atoms with Crippen LogP contribution in [-0.2, 0) is 6.54 Å². The minimum Gasteiger partial charge on any atom is -0.354 e. The highest BCUT2D eigenvalue weighted by atomic mass is 35.5. The van der Waals surface area contributed by atoms with Crippen LogP contribution < -0.4 is 4.90 Å². The van der Waals surface area contributed by atoms with Gasteiger partial charge in [0.15, 0.2) is 5.82 Å². The maximum atomic E-state index is 4.96. The summed E-state index contributed by atoms with van der Waals surface area (Å²) in [4.78, 5) is 7.49. The molecule has 0 spiro atoms. The molecule has 0 bridgehead atoms. The van der Waals surface area contributed by atoms with Gasteiger partial charge in [-0.1, -0.05) is 54.1 Å². The minimum absolute atomic E-state index is 0. The fourth-order valence-electron chi connectivity index (χ4n) is 5.31. The summed E-state index contributed by atoms with van der Waals surface area (Å²) in [5, 5.41) is 1.33. The Morgan fingerprint density at radius 1 is 0.970 bits per heavy atom. The fourth-order valence-corrected chi connectivity index (χ4v) is 5.31. The van der Waals surface area contributed by atoms with Crippen LogP contribution in [0, 0.1) is 27.7 Å². The lowest BCUT2D eigenvalue weighted by Gasteiger charge is -2.34. The van der Waals surface area contributed by atoms with Crippen LogP contribution in [0.5, 0.6) is 0 Å². The highest BCUT2D eigenvalue weighted by molar-refractivity contribution is 5.93. The molecule has 0 N–H and O–H groups in total. The van der Waals surface area contributed by atoms with Crippen molar-refractivity contribution in [2.24, 2.45) is 0 Å². The maximum absolute atomic E-state index is 4.96. The van der Waals surface area contributed by atoms with Crippen LogP contribution >= 0.6 is 12.4 Å². The Balaban J connectivity index is 0.00000259. The number of aryl methyl sites for hydroxylation is 3. The average molecular weight is 460 g/mol. The van der Waals surface area contributed by atoms with Crippen LogP contribution in [-0.4, -0.2) is 22.6 Å². The maximum Gasteiger partial charge on any atom is 0.153 e. The molecule has 33 heavy (non-hydrogen) atoms. The second-order valence-corrected chi connectivity index (χ2v) is 9.45. The average Bonchev–Trinajstić information content (AvgIpc) is 3.07. The molecule has 4 aromatic rings. The van der Waals surface area contributed by atoms with Crippen LogP contribution in [0.25, 0.3) is 10.9 Å². The van der Waals surface area contributed by atoms with Crippen molar-refractivity contribution >= 4 is 29.1 Å². The van der Waals surface area contributed by atoms with Gasteiger partial charge in [0, 0.05) is 42.8 Å². The van der Waals surface area contributed by atoms with Gasteiger partial charge in [0.1, 0.15) is 0 Å². The zero-order chi connectivity index (χ0) is 22.2. The third kappa shape index (κ3) is 4.39. The molecule has 1 saturated heterocycles. The monoisotopic (exact) mass is 459 g/mol. The molecule has 3 heterocycles. The molecule has 1 atom stereocenters. The molecule has 2 aromatic carbocycles. The van der Waals surface area contributed by atoms with E-state index >= 15 is 0 Å². The van der Waals surface area contributed by atoms with Gasteiger partial charge in [-0.15, -0.1) is 12.4 Å². The Kier molecular flexibility index (Phi) is 6.81. The number of nitrogens with zero attached hydrogens (tertiary/aromatic N) is 3. The number of rotatable bonds is 4. The lowest BCUT2D eigenvalue weighted by atomic mass is 9.90. The van der Waals surface area contributed by atoms with Crippen molar-refractivity contribution in [2.45, 2.75) is 53.0 Å². The number of piperidine rings is 1. The first kappa shape index (κ1) is 23.4. The number of halogens is 1. The van der Waals surface area contributed by atoms with Crippen LogP contribution in [0.2, 0.25) is 0 Å². The van der Waals surface area contributed by atoms with Gasteiger partial charge < -0.3 is 9.47 Å². The summed E-state index contributed by atoms with van der Waals surface area (Å²) < 4.78 is 2.50. The van der Waals surface area contributed by atoms with Gasteiger partial charge in [0.2, 0.25) is 0 Å². The summed E-state index contributed by atoms with van der Waals surface area (Å²) in [6.07, 6.45) is 4.45. The van der Waals surface area contributed by atoms with E-state index in [0.717, 1.165) is 25.5 Å². The van der Waals surface area contributed by atoms with E-state index in [4.69, 9.17) is 4.98 Å². The number of pyridine rings is 1. The summed E-state index contributed by atoms with van der Waals surface area (Å²) in [7, 11) is 0. The van der Waals surface area contributed by atoms with Crippen molar-refractivity contribution in [3.8, 4) is 0 Å². The van der Waals surface area contributed by atoms with Crippen molar-refractivity contribution in [1.29, 1.82) is 0 Å². The van der Waals surface area contributed by atoms with Crippen LogP contribution in [0.15, 0.2) is 60.8 Å². The topological polar surface area (TPSA) is 21.1 Å². The minimum atomic E-state index is 0. The van der Waals surface area contributed by atoms with Crippen molar-refractivity contribution in [2.75, 3.05) is 18.0 Å². The molecule has 0 saturated carbocycles. The lowest BCUT2D eigenvalue weighted by Crippen LogP contribution is -2.35. The van der Waals surface area contributed by atoms with Crippen molar-refractivity contribution in [1.82, 2.24) is 9.55 Å². The molecule has 4 heteroatoms. The molecule has 1 aliphatic heterocycles. The van der Waals surface area contributed by atoms with E-state index in [1.165, 1.54) is 57.3 Å². The van der Waals surface area contributed by atoms with Gasteiger partial charge >= 0.3 is 0 Å². The molecule has 1 aliphatic rings. The number of hydrogen-bond acceptors (Lipinski definition) is 2.